The number of ether oxygens (including phenoxy) is 1. The number of alkyl halides is 6. The minimum Gasteiger partial charge on any atom is -0.474 e. The van der Waals surface area contributed by atoms with Gasteiger partial charge in [0.1, 0.15) is 16.3 Å². The van der Waals surface area contributed by atoms with Crippen molar-refractivity contribution in [2.24, 2.45) is 0 Å². The molecule has 278 valence electrons. The summed E-state index contributed by atoms with van der Waals surface area (Å²) in [4.78, 5) is 47.3. The van der Waals surface area contributed by atoms with Gasteiger partial charge in [0.05, 0.1) is 17.6 Å². The number of halogens is 7. The van der Waals surface area contributed by atoms with E-state index in [4.69, 9.17) is 21.6 Å². The molecule has 0 unspecified atom stereocenters. The van der Waals surface area contributed by atoms with Gasteiger partial charge in [0.15, 0.2) is 6.19 Å². The van der Waals surface area contributed by atoms with Gasteiger partial charge in [-0.05, 0) is 61.1 Å². The number of aromatic nitrogens is 1. The maximum Gasteiger partial charge on any atom is 0.425 e. The van der Waals surface area contributed by atoms with E-state index in [0.717, 1.165) is 40.2 Å². The van der Waals surface area contributed by atoms with Crippen LogP contribution in [0.4, 0.5) is 26.3 Å². The molecular formula is C35H34ClF6N5O4S. The smallest absolute Gasteiger partial charge is 0.425 e. The number of fused-ring (bicyclic) bond motifs is 1. The lowest BCUT2D eigenvalue weighted by Gasteiger charge is -2.51. The maximum absolute atomic E-state index is 15.3. The van der Waals surface area contributed by atoms with Gasteiger partial charge in [0, 0.05) is 48.6 Å². The second-order valence-corrected chi connectivity index (χ2v) is 13.9. The van der Waals surface area contributed by atoms with Gasteiger partial charge in [0.2, 0.25) is 11.5 Å². The van der Waals surface area contributed by atoms with Crippen LogP contribution in [0.3, 0.4) is 0 Å². The predicted octanol–water partition coefficient (Wildman–Crippen LogP) is 7.95. The van der Waals surface area contributed by atoms with E-state index in [1.807, 2.05) is 6.92 Å². The van der Waals surface area contributed by atoms with E-state index in [-0.39, 0.29) is 50.9 Å². The number of carbonyl (C=O) groups is 3. The molecule has 2 aliphatic heterocycles. The van der Waals surface area contributed by atoms with E-state index < -0.39 is 63.9 Å². The quantitative estimate of drug-likeness (QED) is 0.127. The third-order valence-electron chi connectivity index (χ3n) is 9.35. The highest BCUT2D eigenvalue weighted by Gasteiger charge is 2.57. The first-order valence-corrected chi connectivity index (χ1v) is 17.8. The summed E-state index contributed by atoms with van der Waals surface area (Å²) in [6.07, 6.45) is -5.90. The summed E-state index contributed by atoms with van der Waals surface area (Å²) < 4.78 is 90.0. The molecule has 1 fully saturated rings. The van der Waals surface area contributed by atoms with Crippen molar-refractivity contribution in [3.05, 3.63) is 80.3 Å². The number of carbonyl (C=O) groups excluding carboxylic acids is 3. The number of likely N-dealkylation sites (tertiary alicyclic amines) is 1. The summed E-state index contributed by atoms with van der Waals surface area (Å²) in [6, 6.07) is 5.57. The topological polar surface area (TPSA) is 116 Å². The van der Waals surface area contributed by atoms with E-state index in [0.29, 0.717) is 41.2 Å². The van der Waals surface area contributed by atoms with Crippen molar-refractivity contribution in [2.75, 3.05) is 13.1 Å². The van der Waals surface area contributed by atoms with Crippen molar-refractivity contribution in [1.29, 1.82) is 5.26 Å². The summed E-state index contributed by atoms with van der Waals surface area (Å²) >= 11 is 6.62. The summed E-state index contributed by atoms with van der Waals surface area (Å²) in [5.41, 5.74) is -2.76. The minimum atomic E-state index is -4.93. The molecule has 9 nitrogen and oxygen atoms in total. The number of nitrogens with one attached hydrogen (secondary N) is 1. The standard InChI is InChI=1S/C35H34ClF6N5O4S/c1-2-3-7-27-33(51-23-18-28(52-19-23)35(40,41)42,13-5-15-47(27)31(49)30-25(34(37,38)39)6-4-14-44-30)32(50)46-16-12-21-17-22(36)8-9-24(21)26(46)10-11-29(48)45-20-43/h4,6,8-9,14,17-19,26-27H,2-3,5,7,10-13,15-16H2,1H3,(H,45,48)/t26-,27+,33-/m0/s1. The Morgan fingerprint density at radius 2 is 1.87 bits per heavy atom. The molecule has 17 heteroatoms. The first-order chi connectivity index (χ1) is 24.6. The molecule has 0 saturated carbocycles. The third kappa shape index (κ3) is 8.15. The lowest BCUT2D eigenvalue weighted by molar-refractivity contribution is -0.163. The normalized spacial score (nSPS) is 20.5. The van der Waals surface area contributed by atoms with Crippen molar-refractivity contribution in [2.45, 2.75) is 88.3 Å². The Morgan fingerprint density at radius 1 is 1.10 bits per heavy atom. The fourth-order valence-electron chi connectivity index (χ4n) is 7.07. The van der Waals surface area contributed by atoms with Crippen LogP contribution in [0.1, 0.15) is 90.0 Å². The van der Waals surface area contributed by atoms with Crippen molar-refractivity contribution in [1.82, 2.24) is 20.1 Å². The zero-order chi connectivity index (χ0) is 37.8. The molecule has 2 aliphatic rings. The molecule has 3 amide bonds. The van der Waals surface area contributed by atoms with Gasteiger partial charge in [-0.15, -0.1) is 11.3 Å². The van der Waals surface area contributed by atoms with Crippen molar-refractivity contribution in [3.63, 3.8) is 0 Å². The minimum absolute atomic E-state index is 0.0335. The van der Waals surface area contributed by atoms with Crippen molar-refractivity contribution in [3.8, 4) is 11.9 Å². The SMILES string of the molecule is CCCC[C@H]1N(C(=O)c2ncccc2C(F)(F)F)CCC[C@@]1(Oc1csc(C(F)(F)F)c1)C(=O)N1CCc2cc(Cl)ccc2[C@@H]1CCC(=O)NC#N. The molecule has 5 rings (SSSR count). The Kier molecular flexibility index (Phi) is 11.7. The van der Waals surface area contributed by atoms with E-state index in [2.05, 4.69) is 10.3 Å². The highest BCUT2D eigenvalue weighted by atomic mass is 35.5. The molecule has 0 bridgehead atoms. The summed E-state index contributed by atoms with van der Waals surface area (Å²) in [7, 11) is 0. The van der Waals surface area contributed by atoms with E-state index >= 15 is 4.79 Å². The lowest BCUT2D eigenvalue weighted by atomic mass is 9.78. The van der Waals surface area contributed by atoms with Gasteiger partial charge in [-0.3, -0.25) is 24.7 Å². The van der Waals surface area contributed by atoms with Crippen LogP contribution in [0.15, 0.2) is 48.0 Å². The molecular weight excluding hydrogens is 736 g/mol. The number of unbranched alkanes of at least 4 members (excludes halogenated alkanes) is 1. The van der Waals surface area contributed by atoms with Gasteiger partial charge in [-0.1, -0.05) is 37.4 Å². The van der Waals surface area contributed by atoms with Crippen LogP contribution < -0.4 is 10.1 Å². The number of nitrogens with zero attached hydrogens (tertiary/aromatic N) is 4. The van der Waals surface area contributed by atoms with Crippen molar-refractivity contribution < 1.29 is 45.5 Å². The number of hydrogen-bond acceptors (Lipinski definition) is 7. The van der Waals surface area contributed by atoms with Gasteiger partial charge in [0.25, 0.3) is 11.8 Å². The summed E-state index contributed by atoms with van der Waals surface area (Å²) in [6.45, 7) is 1.82. The van der Waals surface area contributed by atoms with Crippen LogP contribution >= 0.6 is 22.9 Å². The monoisotopic (exact) mass is 769 g/mol. The molecule has 4 heterocycles. The molecule has 52 heavy (non-hydrogen) atoms. The Labute approximate surface area is 304 Å². The Hall–Kier alpha value is -4.36. The second kappa shape index (κ2) is 15.7. The molecule has 0 aliphatic carbocycles. The fourth-order valence-corrected chi connectivity index (χ4v) is 7.94. The van der Waals surface area contributed by atoms with Crippen LogP contribution in [0.5, 0.6) is 5.75 Å². The molecule has 1 aromatic carbocycles. The summed E-state index contributed by atoms with van der Waals surface area (Å²) in [5, 5.41) is 12.6. The van der Waals surface area contributed by atoms with Gasteiger partial charge < -0.3 is 14.5 Å². The third-order valence-corrected chi connectivity index (χ3v) is 10.5. The Balaban J connectivity index is 1.65. The number of amides is 3. The maximum atomic E-state index is 15.3. The van der Waals surface area contributed by atoms with Gasteiger partial charge in [-0.25, -0.2) is 0 Å². The predicted molar refractivity (Wildman–Crippen MR) is 178 cm³/mol. The highest BCUT2D eigenvalue weighted by Crippen LogP contribution is 2.45. The van der Waals surface area contributed by atoms with Gasteiger partial charge in [-0.2, -0.15) is 31.6 Å². The van der Waals surface area contributed by atoms with E-state index in [9.17, 15) is 35.9 Å². The van der Waals surface area contributed by atoms with Crippen LogP contribution in [0.2, 0.25) is 5.02 Å². The highest BCUT2D eigenvalue weighted by molar-refractivity contribution is 7.10. The molecule has 3 atom stereocenters. The molecule has 0 radical (unpaired) electrons. The van der Waals surface area contributed by atoms with E-state index in [1.54, 1.807) is 24.4 Å². The number of rotatable bonds is 10. The number of piperidine rings is 1. The second-order valence-electron chi connectivity index (χ2n) is 12.6. The lowest BCUT2D eigenvalue weighted by Crippen LogP contribution is -2.68. The Bertz CT molecular complexity index is 1850. The zero-order valence-electron chi connectivity index (χ0n) is 27.8. The molecule has 3 aromatic rings. The number of thiophene rings is 1. The van der Waals surface area contributed by atoms with Crippen LogP contribution in [0, 0.1) is 11.5 Å². The average molecular weight is 770 g/mol. The number of pyridine rings is 1. The molecule has 1 saturated heterocycles. The number of hydrogen-bond donors (Lipinski definition) is 1. The average Bonchev–Trinajstić information content (AvgIpc) is 3.58. The van der Waals surface area contributed by atoms with Crippen molar-refractivity contribution >= 4 is 40.7 Å². The first kappa shape index (κ1) is 38.9. The largest absolute Gasteiger partial charge is 0.474 e. The first-order valence-electron chi connectivity index (χ1n) is 16.6. The van der Waals surface area contributed by atoms with Crippen LogP contribution in [-0.2, 0) is 28.4 Å². The number of nitriles is 1. The summed E-state index contributed by atoms with van der Waals surface area (Å²) in [5.74, 6) is -2.69. The Morgan fingerprint density at radius 3 is 2.54 bits per heavy atom. The van der Waals surface area contributed by atoms with Gasteiger partial charge >= 0.3 is 12.4 Å². The van der Waals surface area contributed by atoms with E-state index in [1.165, 1.54) is 4.90 Å². The fraction of sp³-hybridized carbons (Fsp3) is 0.457. The molecule has 1 N–H and O–H groups in total. The zero-order valence-corrected chi connectivity index (χ0v) is 29.4. The van der Waals surface area contributed by atoms with Crippen LogP contribution in [-0.4, -0.2) is 57.2 Å². The number of benzene rings is 1. The van der Waals surface area contributed by atoms with Crippen LogP contribution in [0.25, 0.3) is 0 Å². The molecule has 0 spiro atoms. The molecule has 2 aromatic heterocycles.